The Bertz CT molecular complexity index is 892. The van der Waals surface area contributed by atoms with E-state index in [2.05, 4.69) is 15.3 Å². The van der Waals surface area contributed by atoms with E-state index < -0.39 is 23.6 Å². The summed E-state index contributed by atoms with van der Waals surface area (Å²) in [6.45, 7) is 3.16. The van der Waals surface area contributed by atoms with E-state index in [9.17, 15) is 13.6 Å². The molecular formula is C17H15F2N3O2S. The first-order valence-corrected chi connectivity index (χ1v) is 8.30. The van der Waals surface area contributed by atoms with Gasteiger partial charge in [-0.2, -0.15) is 0 Å². The summed E-state index contributed by atoms with van der Waals surface area (Å²) in [6, 6.07) is 1.65. The maximum Gasteiger partial charge on any atom is 0.338 e. The van der Waals surface area contributed by atoms with Gasteiger partial charge in [-0.1, -0.05) is 6.07 Å². The van der Waals surface area contributed by atoms with Crippen LogP contribution in [0.15, 0.2) is 40.0 Å². The van der Waals surface area contributed by atoms with Crippen LogP contribution in [-0.2, 0) is 9.53 Å². The molecule has 0 aliphatic carbocycles. The Morgan fingerprint density at radius 1 is 1.32 bits per heavy atom. The van der Waals surface area contributed by atoms with Gasteiger partial charge in [0.05, 0.1) is 12.7 Å². The SMILES string of the molecule is COC(=O)C1=C(C)NC(c2nccs2)=NC1c1ccc(F)c(F)c1C. The van der Waals surface area contributed by atoms with Gasteiger partial charge in [0.2, 0.25) is 0 Å². The highest BCUT2D eigenvalue weighted by molar-refractivity contribution is 7.11. The molecule has 1 atom stereocenters. The van der Waals surface area contributed by atoms with Gasteiger partial charge >= 0.3 is 5.97 Å². The molecule has 1 aliphatic rings. The molecular weight excluding hydrogens is 348 g/mol. The van der Waals surface area contributed by atoms with Gasteiger partial charge in [0.25, 0.3) is 0 Å². The first-order valence-electron chi connectivity index (χ1n) is 7.42. The van der Waals surface area contributed by atoms with Crippen LogP contribution in [0, 0.1) is 18.6 Å². The second-order valence-electron chi connectivity index (χ2n) is 5.45. The van der Waals surface area contributed by atoms with Crippen LogP contribution in [0.2, 0.25) is 0 Å². The highest BCUT2D eigenvalue weighted by atomic mass is 32.1. The number of hydrogen-bond acceptors (Lipinski definition) is 6. The van der Waals surface area contributed by atoms with E-state index in [4.69, 9.17) is 4.74 Å². The molecule has 3 rings (SSSR count). The molecule has 2 aromatic rings. The maximum absolute atomic E-state index is 14.0. The average molecular weight is 363 g/mol. The van der Waals surface area contributed by atoms with E-state index in [-0.39, 0.29) is 11.1 Å². The summed E-state index contributed by atoms with van der Waals surface area (Å²) >= 11 is 1.38. The third-order valence-electron chi connectivity index (χ3n) is 3.96. The largest absolute Gasteiger partial charge is 0.466 e. The number of esters is 1. The second kappa shape index (κ2) is 6.72. The lowest BCUT2D eigenvalue weighted by Crippen LogP contribution is -2.32. The number of rotatable bonds is 3. The van der Waals surface area contributed by atoms with Gasteiger partial charge in [0.15, 0.2) is 22.5 Å². The fourth-order valence-corrected chi connectivity index (χ4v) is 3.28. The quantitative estimate of drug-likeness (QED) is 0.850. The molecule has 1 aliphatic heterocycles. The van der Waals surface area contributed by atoms with Crippen molar-refractivity contribution in [2.75, 3.05) is 7.11 Å². The molecule has 0 bridgehead atoms. The summed E-state index contributed by atoms with van der Waals surface area (Å²) in [5.41, 5.74) is 1.27. The van der Waals surface area contributed by atoms with Crippen molar-refractivity contribution in [1.29, 1.82) is 0 Å². The van der Waals surface area contributed by atoms with Crippen molar-refractivity contribution in [2.45, 2.75) is 19.9 Å². The number of ether oxygens (including phenoxy) is 1. The molecule has 0 fully saturated rings. The Morgan fingerprint density at radius 3 is 2.72 bits per heavy atom. The number of nitrogens with zero attached hydrogens (tertiary/aromatic N) is 2. The Labute approximate surface area is 147 Å². The number of halogens is 2. The van der Waals surface area contributed by atoms with Crippen molar-refractivity contribution in [2.24, 2.45) is 4.99 Å². The summed E-state index contributed by atoms with van der Waals surface area (Å²) in [7, 11) is 1.26. The Kier molecular flexibility index (Phi) is 4.63. The van der Waals surface area contributed by atoms with E-state index in [0.29, 0.717) is 22.1 Å². The minimum absolute atomic E-state index is 0.100. The molecule has 5 nitrogen and oxygen atoms in total. The molecule has 1 aromatic heterocycles. The molecule has 8 heteroatoms. The van der Waals surface area contributed by atoms with Crippen LogP contribution in [-0.4, -0.2) is 23.9 Å². The highest BCUT2D eigenvalue weighted by Crippen LogP contribution is 2.35. The molecule has 1 aromatic carbocycles. The number of benzene rings is 1. The third-order valence-corrected chi connectivity index (χ3v) is 4.74. The van der Waals surface area contributed by atoms with Crippen molar-refractivity contribution < 1.29 is 18.3 Å². The van der Waals surface area contributed by atoms with Gasteiger partial charge in [0.1, 0.15) is 6.04 Å². The van der Waals surface area contributed by atoms with Crippen LogP contribution in [0.5, 0.6) is 0 Å². The summed E-state index contributed by atoms with van der Waals surface area (Å²) in [4.78, 5) is 21.0. The summed E-state index contributed by atoms with van der Waals surface area (Å²) < 4.78 is 32.4. The topological polar surface area (TPSA) is 63.6 Å². The minimum Gasteiger partial charge on any atom is -0.466 e. The van der Waals surface area contributed by atoms with Gasteiger partial charge in [-0.3, -0.25) is 4.99 Å². The summed E-state index contributed by atoms with van der Waals surface area (Å²) in [6.07, 6.45) is 1.64. The molecule has 2 heterocycles. The number of hydrogen-bond donors (Lipinski definition) is 1. The molecule has 0 saturated carbocycles. The summed E-state index contributed by atoms with van der Waals surface area (Å²) in [5.74, 6) is -2.01. The number of thiazole rings is 1. The van der Waals surface area contributed by atoms with E-state index in [1.54, 1.807) is 18.5 Å². The number of methoxy groups -OCH3 is 1. The van der Waals surface area contributed by atoms with Crippen LogP contribution < -0.4 is 5.32 Å². The monoisotopic (exact) mass is 363 g/mol. The van der Waals surface area contributed by atoms with Crippen LogP contribution in [0.3, 0.4) is 0 Å². The van der Waals surface area contributed by atoms with Crippen molar-refractivity contribution in [3.05, 3.63) is 62.7 Å². The Balaban J connectivity index is 2.18. The number of aliphatic imine (C=N–C) groups is 1. The normalized spacial score (nSPS) is 17.2. The molecule has 0 saturated heterocycles. The lowest BCUT2D eigenvalue weighted by atomic mass is 9.92. The van der Waals surface area contributed by atoms with Crippen LogP contribution >= 0.6 is 11.3 Å². The first kappa shape index (κ1) is 17.2. The zero-order valence-electron chi connectivity index (χ0n) is 13.8. The van der Waals surface area contributed by atoms with Crippen molar-refractivity contribution in [1.82, 2.24) is 10.3 Å². The summed E-state index contributed by atoms with van der Waals surface area (Å²) in [5, 5.41) is 5.47. The highest BCUT2D eigenvalue weighted by Gasteiger charge is 2.32. The zero-order chi connectivity index (χ0) is 18.1. The fraction of sp³-hybridized carbons (Fsp3) is 0.235. The van der Waals surface area contributed by atoms with E-state index in [1.807, 2.05) is 0 Å². The maximum atomic E-state index is 14.0. The molecule has 0 spiro atoms. The lowest BCUT2D eigenvalue weighted by molar-refractivity contribution is -0.136. The van der Waals surface area contributed by atoms with Crippen molar-refractivity contribution >= 4 is 23.1 Å². The molecule has 130 valence electrons. The number of nitrogens with one attached hydrogen (secondary N) is 1. The number of allylic oxidation sites excluding steroid dienone is 1. The van der Waals surface area contributed by atoms with Crippen LogP contribution in [0.1, 0.15) is 29.1 Å². The smallest absolute Gasteiger partial charge is 0.338 e. The number of carbonyl (C=O) groups excluding carboxylic acids is 1. The third kappa shape index (κ3) is 3.05. The second-order valence-corrected chi connectivity index (χ2v) is 6.34. The molecule has 25 heavy (non-hydrogen) atoms. The van der Waals surface area contributed by atoms with Crippen molar-refractivity contribution in [3.63, 3.8) is 0 Å². The van der Waals surface area contributed by atoms with Gasteiger partial charge < -0.3 is 10.1 Å². The Hall–Kier alpha value is -2.61. The predicted octanol–water partition coefficient (Wildman–Crippen LogP) is 3.27. The standard InChI is InChI=1S/C17H15F2N3O2S/c1-8-10(4-5-11(18)13(8)19)14-12(17(23)24-3)9(2)21-15(22-14)16-20-6-7-25-16/h4-7,14H,1-3H3,(H,21,22). The van der Waals surface area contributed by atoms with E-state index in [1.165, 1.54) is 31.4 Å². The minimum atomic E-state index is -0.955. The van der Waals surface area contributed by atoms with Gasteiger partial charge in [0, 0.05) is 17.3 Å². The van der Waals surface area contributed by atoms with E-state index in [0.717, 1.165) is 6.07 Å². The van der Waals surface area contributed by atoms with Crippen LogP contribution in [0.4, 0.5) is 8.78 Å². The number of carbonyl (C=O) groups is 1. The van der Waals surface area contributed by atoms with Gasteiger partial charge in [-0.15, -0.1) is 11.3 Å². The van der Waals surface area contributed by atoms with Crippen LogP contribution in [0.25, 0.3) is 0 Å². The van der Waals surface area contributed by atoms with Gasteiger partial charge in [-0.25, -0.2) is 18.6 Å². The predicted molar refractivity (Wildman–Crippen MR) is 90.3 cm³/mol. The fourth-order valence-electron chi connectivity index (χ4n) is 2.69. The lowest BCUT2D eigenvalue weighted by Gasteiger charge is -2.26. The van der Waals surface area contributed by atoms with Gasteiger partial charge in [-0.05, 0) is 31.0 Å². The average Bonchev–Trinajstić information content (AvgIpc) is 3.13. The molecule has 1 N–H and O–H groups in total. The number of amidine groups is 1. The zero-order valence-corrected chi connectivity index (χ0v) is 14.6. The molecule has 1 unspecified atom stereocenters. The first-order chi connectivity index (χ1) is 11.9. The molecule has 0 radical (unpaired) electrons. The van der Waals surface area contributed by atoms with Crippen molar-refractivity contribution in [3.8, 4) is 0 Å². The molecule has 0 amide bonds. The number of aromatic nitrogens is 1. The Morgan fingerprint density at radius 2 is 2.08 bits per heavy atom. The van der Waals surface area contributed by atoms with E-state index >= 15 is 0 Å².